The summed E-state index contributed by atoms with van der Waals surface area (Å²) < 4.78 is 8.18. The van der Waals surface area contributed by atoms with E-state index in [9.17, 15) is 4.79 Å². The molecule has 1 amide bonds. The molecule has 136 valence electrons. The third kappa shape index (κ3) is 3.30. The number of morpholine rings is 1. The van der Waals surface area contributed by atoms with Gasteiger partial charge in [-0.05, 0) is 38.1 Å². The number of hydrogen-bond donors (Lipinski definition) is 1. The highest BCUT2D eigenvalue weighted by atomic mass is 32.1. The molecule has 0 saturated carbocycles. The summed E-state index contributed by atoms with van der Waals surface area (Å²) in [7, 11) is 0. The van der Waals surface area contributed by atoms with Gasteiger partial charge in [-0.2, -0.15) is 5.10 Å². The first-order valence-corrected chi connectivity index (χ1v) is 9.55. The van der Waals surface area contributed by atoms with Crippen molar-refractivity contribution in [2.24, 2.45) is 0 Å². The fraction of sp³-hybridized carbons (Fsp3) is 0.389. The minimum absolute atomic E-state index is 0.148. The van der Waals surface area contributed by atoms with Gasteiger partial charge in [-0.25, -0.2) is 4.98 Å². The first-order valence-electron chi connectivity index (χ1n) is 8.73. The van der Waals surface area contributed by atoms with Gasteiger partial charge in [-0.3, -0.25) is 9.48 Å². The molecular formula is C18H21N5O2S. The molecule has 3 aromatic rings. The molecule has 3 heterocycles. The molecule has 0 unspecified atom stereocenters. The molecule has 1 fully saturated rings. The number of carbonyl (C=O) groups excluding carboxylic acids is 1. The lowest BCUT2D eigenvalue weighted by molar-refractivity contribution is 0.101. The van der Waals surface area contributed by atoms with Crippen LogP contribution in [-0.4, -0.2) is 47.0 Å². The van der Waals surface area contributed by atoms with Crippen molar-refractivity contribution in [3.05, 3.63) is 35.7 Å². The molecule has 1 aliphatic rings. The van der Waals surface area contributed by atoms with Gasteiger partial charge in [-0.1, -0.05) is 11.3 Å². The summed E-state index contributed by atoms with van der Waals surface area (Å²) in [5, 5.41) is 8.31. The van der Waals surface area contributed by atoms with Crippen molar-refractivity contribution in [3.63, 3.8) is 0 Å². The number of anilines is 2. The van der Waals surface area contributed by atoms with Crippen LogP contribution in [0.3, 0.4) is 0 Å². The largest absolute Gasteiger partial charge is 0.378 e. The zero-order valence-corrected chi connectivity index (χ0v) is 15.7. The van der Waals surface area contributed by atoms with Crippen LogP contribution in [0, 0.1) is 6.92 Å². The summed E-state index contributed by atoms with van der Waals surface area (Å²) in [5.74, 6) is -0.148. The van der Waals surface area contributed by atoms with Crippen LogP contribution in [0.5, 0.6) is 0 Å². The van der Waals surface area contributed by atoms with Gasteiger partial charge in [-0.15, -0.1) is 0 Å². The van der Waals surface area contributed by atoms with Gasteiger partial charge in [0.05, 0.1) is 29.1 Å². The number of carbonyl (C=O) groups is 1. The minimum atomic E-state index is -0.148. The number of amides is 1. The maximum atomic E-state index is 12.6. The molecule has 2 aromatic heterocycles. The summed E-state index contributed by atoms with van der Waals surface area (Å²) in [4.78, 5) is 19.5. The van der Waals surface area contributed by atoms with Gasteiger partial charge in [0.15, 0.2) is 5.13 Å². The highest BCUT2D eigenvalue weighted by molar-refractivity contribution is 7.22. The Morgan fingerprint density at radius 3 is 2.88 bits per heavy atom. The summed E-state index contributed by atoms with van der Waals surface area (Å²) in [6.07, 6.45) is 0. The molecule has 1 N–H and O–H groups in total. The third-order valence-corrected chi connectivity index (χ3v) is 5.43. The van der Waals surface area contributed by atoms with E-state index in [1.54, 1.807) is 22.1 Å². The highest BCUT2D eigenvalue weighted by Gasteiger charge is 2.17. The van der Waals surface area contributed by atoms with E-state index in [4.69, 9.17) is 9.72 Å². The van der Waals surface area contributed by atoms with Crippen LogP contribution in [0.1, 0.15) is 23.1 Å². The van der Waals surface area contributed by atoms with Crippen LogP contribution in [0.2, 0.25) is 0 Å². The van der Waals surface area contributed by atoms with Gasteiger partial charge >= 0.3 is 0 Å². The number of ether oxygens (including phenoxy) is 1. The number of nitrogens with one attached hydrogen (secondary N) is 1. The fourth-order valence-corrected chi connectivity index (χ4v) is 4.10. The third-order valence-electron chi connectivity index (χ3n) is 4.35. The molecule has 26 heavy (non-hydrogen) atoms. The molecule has 0 bridgehead atoms. The molecule has 0 aliphatic carbocycles. The van der Waals surface area contributed by atoms with Crippen LogP contribution in [-0.2, 0) is 11.3 Å². The zero-order chi connectivity index (χ0) is 18.1. The lowest BCUT2D eigenvalue weighted by atomic mass is 10.2. The first-order chi connectivity index (χ1) is 12.6. The van der Waals surface area contributed by atoms with E-state index in [2.05, 4.69) is 15.3 Å². The van der Waals surface area contributed by atoms with Crippen molar-refractivity contribution in [1.82, 2.24) is 14.8 Å². The van der Waals surface area contributed by atoms with Gasteiger partial charge in [0.2, 0.25) is 0 Å². The van der Waals surface area contributed by atoms with Crippen LogP contribution in [0.4, 0.5) is 10.8 Å². The second-order valence-corrected chi connectivity index (χ2v) is 7.23. The second kappa shape index (κ2) is 7.05. The Balaban J connectivity index is 1.56. The standard InChI is InChI=1S/C18H21N5O2S/c1-3-23-15(10-12(2)21-23)17(24)19-13-4-5-14-16(11-13)26-18(20-14)22-6-8-25-9-7-22/h4-5,10-11H,3,6-9H2,1-2H3,(H,19,24). The summed E-state index contributed by atoms with van der Waals surface area (Å²) in [6.45, 7) is 7.73. The van der Waals surface area contributed by atoms with Crippen LogP contribution in [0.15, 0.2) is 24.3 Å². The van der Waals surface area contributed by atoms with E-state index in [-0.39, 0.29) is 5.91 Å². The topological polar surface area (TPSA) is 72.3 Å². The number of rotatable bonds is 4. The van der Waals surface area contributed by atoms with Crippen molar-refractivity contribution in [3.8, 4) is 0 Å². The maximum Gasteiger partial charge on any atom is 0.273 e. The molecule has 1 aliphatic heterocycles. The maximum absolute atomic E-state index is 12.6. The Morgan fingerprint density at radius 2 is 2.12 bits per heavy atom. The molecule has 1 aromatic carbocycles. The van der Waals surface area contributed by atoms with E-state index in [1.165, 1.54) is 0 Å². The monoisotopic (exact) mass is 371 g/mol. The fourth-order valence-electron chi connectivity index (χ4n) is 3.04. The lowest BCUT2D eigenvalue weighted by Gasteiger charge is -2.25. The Kier molecular flexibility index (Phi) is 4.60. The smallest absolute Gasteiger partial charge is 0.273 e. The molecule has 1 saturated heterocycles. The second-order valence-electron chi connectivity index (χ2n) is 6.22. The zero-order valence-electron chi connectivity index (χ0n) is 14.9. The van der Waals surface area contributed by atoms with E-state index in [0.29, 0.717) is 12.2 Å². The van der Waals surface area contributed by atoms with Crippen LogP contribution < -0.4 is 10.2 Å². The van der Waals surface area contributed by atoms with Crippen molar-refractivity contribution in [2.75, 3.05) is 36.5 Å². The van der Waals surface area contributed by atoms with Gasteiger partial charge in [0.1, 0.15) is 5.69 Å². The van der Waals surface area contributed by atoms with Gasteiger partial charge in [0, 0.05) is 25.3 Å². The average Bonchev–Trinajstić information content (AvgIpc) is 3.25. The van der Waals surface area contributed by atoms with Gasteiger partial charge < -0.3 is 15.0 Å². The number of hydrogen-bond acceptors (Lipinski definition) is 6. The van der Waals surface area contributed by atoms with Crippen molar-refractivity contribution in [1.29, 1.82) is 0 Å². The lowest BCUT2D eigenvalue weighted by Crippen LogP contribution is -2.36. The van der Waals surface area contributed by atoms with Crippen molar-refractivity contribution >= 4 is 38.3 Å². The molecule has 7 nitrogen and oxygen atoms in total. The molecule has 8 heteroatoms. The molecule has 0 atom stereocenters. The Morgan fingerprint density at radius 1 is 1.31 bits per heavy atom. The number of aromatic nitrogens is 3. The summed E-state index contributed by atoms with van der Waals surface area (Å²) in [5.41, 5.74) is 3.12. The van der Waals surface area contributed by atoms with Crippen LogP contribution in [0.25, 0.3) is 10.2 Å². The number of thiazole rings is 1. The Hall–Kier alpha value is -2.45. The number of nitrogens with zero attached hydrogens (tertiary/aromatic N) is 4. The molecule has 0 spiro atoms. The van der Waals surface area contributed by atoms with Gasteiger partial charge in [0.25, 0.3) is 5.91 Å². The van der Waals surface area contributed by atoms with E-state index in [0.717, 1.165) is 53.0 Å². The Labute approximate surface area is 155 Å². The minimum Gasteiger partial charge on any atom is -0.378 e. The normalized spacial score (nSPS) is 14.8. The Bertz CT molecular complexity index is 942. The quantitative estimate of drug-likeness (QED) is 0.763. The van der Waals surface area contributed by atoms with Crippen LogP contribution >= 0.6 is 11.3 Å². The number of aryl methyl sites for hydroxylation is 2. The summed E-state index contributed by atoms with van der Waals surface area (Å²) in [6, 6.07) is 7.63. The van der Waals surface area contributed by atoms with Crippen molar-refractivity contribution < 1.29 is 9.53 Å². The number of fused-ring (bicyclic) bond motifs is 1. The first kappa shape index (κ1) is 17.0. The predicted octanol–water partition coefficient (Wildman–Crippen LogP) is 2.91. The van der Waals surface area contributed by atoms with Crippen molar-refractivity contribution in [2.45, 2.75) is 20.4 Å². The number of benzene rings is 1. The average molecular weight is 371 g/mol. The predicted molar refractivity (Wildman–Crippen MR) is 103 cm³/mol. The summed E-state index contributed by atoms with van der Waals surface area (Å²) >= 11 is 1.64. The highest BCUT2D eigenvalue weighted by Crippen LogP contribution is 2.31. The van der Waals surface area contributed by atoms with E-state index >= 15 is 0 Å². The molecule has 4 rings (SSSR count). The SMILES string of the molecule is CCn1nc(C)cc1C(=O)Nc1ccc2nc(N3CCOCC3)sc2c1. The van der Waals surface area contributed by atoms with E-state index < -0.39 is 0 Å². The molecular weight excluding hydrogens is 350 g/mol. The van der Waals surface area contributed by atoms with E-state index in [1.807, 2.05) is 32.0 Å². The molecule has 0 radical (unpaired) electrons.